The Hall–Kier alpha value is -6.60. The van der Waals surface area contributed by atoms with Gasteiger partial charge in [0.25, 0.3) is 6.71 Å². The van der Waals surface area contributed by atoms with Gasteiger partial charge in [0.15, 0.2) is 0 Å². The highest BCUT2D eigenvalue weighted by molar-refractivity contribution is 7.33. The van der Waals surface area contributed by atoms with Gasteiger partial charge in [0.2, 0.25) is 0 Å². The van der Waals surface area contributed by atoms with Gasteiger partial charge in [-0.1, -0.05) is 214 Å². The Balaban J connectivity index is 1.24. The summed E-state index contributed by atoms with van der Waals surface area (Å²) in [7, 11) is -1.57. The molecule has 0 saturated heterocycles. The quantitative estimate of drug-likeness (QED) is 0.147. The molecule has 0 fully saturated rings. The molecule has 0 bridgehead atoms. The van der Waals surface area contributed by atoms with E-state index in [1.54, 1.807) is 0 Å². The highest BCUT2D eigenvalue weighted by Crippen LogP contribution is 2.51. The van der Waals surface area contributed by atoms with Crippen LogP contribution in [-0.4, -0.2) is 14.8 Å². The molecule has 402 valence electrons. The molecule has 0 saturated carbocycles. The Kier molecular flexibility index (Phi) is 13.1. The van der Waals surface area contributed by atoms with E-state index in [1.807, 2.05) is 11.3 Å². The minimum Gasteiger partial charge on any atom is -0.311 e. The average Bonchev–Trinajstić information content (AvgIpc) is 3.58. The zero-order valence-electron chi connectivity index (χ0n) is 50.5. The molecule has 2 aliphatic heterocycles. The fourth-order valence-corrected chi connectivity index (χ4v) is 14.3. The molecule has 6 heteroatoms. The van der Waals surface area contributed by atoms with Crippen LogP contribution in [0.15, 0.2) is 170 Å². The molecule has 0 radical (unpaired) electrons. The van der Waals surface area contributed by atoms with Gasteiger partial charge in [-0.05, 0) is 162 Å². The largest absolute Gasteiger partial charge is 0.311 e. The van der Waals surface area contributed by atoms with Crippen LogP contribution in [0.2, 0.25) is 19.6 Å². The molecule has 9 aromatic rings. The van der Waals surface area contributed by atoms with Crippen molar-refractivity contribution in [2.24, 2.45) is 0 Å². The van der Waals surface area contributed by atoms with Crippen LogP contribution in [0, 0.1) is 0 Å². The van der Waals surface area contributed by atoms with Crippen LogP contribution in [-0.2, 0) is 27.1 Å². The molecule has 0 N–H and O–H groups in total. The summed E-state index contributed by atoms with van der Waals surface area (Å²) in [5.41, 5.74) is 22.4. The molecule has 0 aliphatic carbocycles. The minimum absolute atomic E-state index is 0.00317. The highest BCUT2D eigenvalue weighted by atomic mass is 32.1. The topological polar surface area (TPSA) is 9.72 Å². The van der Waals surface area contributed by atoms with E-state index in [9.17, 15) is 0 Å². The molecule has 3 nitrogen and oxygen atoms in total. The lowest BCUT2D eigenvalue weighted by atomic mass is 9.36. The number of fused-ring (bicyclic) bond motifs is 6. The normalized spacial score (nSPS) is 13.9. The number of thiophene rings is 1. The Labute approximate surface area is 479 Å². The molecule has 3 heterocycles. The maximum absolute atomic E-state index is 2.65. The summed E-state index contributed by atoms with van der Waals surface area (Å²) in [6, 6.07) is 66.8. The van der Waals surface area contributed by atoms with E-state index in [-0.39, 0.29) is 33.8 Å². The number of benzene rings is 8. The zero-order valence-corrected chi connectivity index (χ0v) is 52.3. The molecule has 8 aromatic carbocycles. The first-order valence-electron chi connectivity index (χ1n) is 28.8. The average molecular weight is 1070 g/mol. The van der Waals surface area contributed by atoms with Crippen LogP contribution >= 0.6 is 11.3 Å². The van der Waals surface area contributed by atoms with E-state index in [1.165, 1.54) is 98.4 Å². The molecule has 0 amide bonds. The lowest BCUT2D eigenvalue weighted by Crippen LogP contribution is -2.60. The Bertz CT molecular complexity index is 3690. The zero-order chi connectivity index (χ0) is 56.5. The van der Waals surface area contributed by atoms with Crippen molar-refractivity contribution in [1.29, 1.82) is 0 Å². The number of anilines is 9. The molecule has 11 rings (SSSR count). The number of hydrogen-bond acceptors (Lipinski definition) is 4. The van der Waals surface area contributed by atoms with Gasteiger partial charge in [0.05, 0.1) is 13.8 Å². The predicted octanol–water partition coefficient (Wildman–Crippen LogP) is 19.2. The lowest BCUT2D eigenvalue weighted by Gasteiger charge is -2.44. The smallest absolute Gasteiger partial charge is 0.264 e. The van der Waals surface area contributed by atoms with Crippen LogP contribution in [0.4, 0.5) is 51.2 Å². The Morgan fingerprint density at radius 2 is 0.810 bits per heavy atom. The van der Waals surface area contributed by atoms with Crippen molar-refractivity contribution >= 4 is 108 Å². The van der Waals surface area contributed by atoms with Gasteiger partial charge in [-0.15, -0.1) is 11.3 Å². The van der Waals surface area contributed by atoms with Gasteiger partial charge >= 0.3 is 0 Å². The van der Waals surface area contributed by atoms with Crippen LogP contribution in [0.25, 0.3) is 21.2 Å². The van der Waals surface area contributed by atoms with E-state index in [4.69, 9.17) is 0 Å². The lowest BCUT2D eigenvalue weighted by molar-refractivity contribution is 0.590. The summed E-state index contributed by atoms with van der Waals surface area (Å²) >= 11 is 1.98. The Morgan fingerprint density at radius 3 is 1.27 bits per heavy atom. The fraction of sp³-hybridized carbons (Fsp3) is 0.315. The maximum atomic E-state index is 2.65. The summed E-state index contributed by atoms with van der Waals surface area (Å²) < 4.78 is 2.69. The first-order valence-corrected chi connectivity index (χ1v) is 33.1. The van der Waals surface area contributed by atoms with E-state index < -0.39 is 8.07 Å². The SMILES string of the molecule is CC(C)(C)c1ccc(N(c2ccc(C(C)(C)C)cc2)c2ccc3c(c2)N(c2ccc(C(C)(C)C)cc2)c2cc(-c4ccc([Si](C)(C)C)cc4)cc4c2B3c2sc3ccc(C(C)(C)C)cc3c2N4c2ccc(C(C)(C)C)cc2)cc1. The maximum Gasteiger partial charge on any atom is 0.264 e. The van der Waals surface area contributed by atoms with Gasteiger partial charge in [0.1, 0.15) is 0 Å². The molecule has 0 unspecified atom stereocenters. The molecule has 2 aliphatic rings. The van der Waals surface area contributed by atoms with Crippen LogP contribution in [0.3, 0.4) is 0 Å². The second kappa shape index (κ2) is 19.0. The van der Waals surface area contributed by atoms with Crippen molar-refractivity contribution in [2.75, 3.05) is 14.7 Å². The van der Waals surface area contributed by atoms with E-state index in [2.05, 4.69) is 308 Å². The summed E-state index contributed by atoms with van der Waals surface area (Å²) in [5.74, 6) is 0. The highest BCUT2D eigenvalue weighted by Gasteiger charge is 2.46. The van der Waals surface area contributed by atoms with E-state index in [0.29, 0.717) is 0 Å². The monoisotopic (exact) mass is 1070 g/mol. The van der Waals surface area contributed by atoms with Gasteiger partial charge < -0.3 is 14.7 Å². The molecular weight excluding hydrogens is 990 g/mol. The van der Waals surface area contributed by atoms with Gasteiger partial charge in [-0.2, -0.15) is 0 Å². The second-order valence-corrected chi connectivity index (χ2v) is 35.1. The van der Waals surface area contributed by atoms with Gasteiger partial charge in [0, 0.05) is 60.4 Å². The second-order valence-electron chi connectivity index (χ2n) is 28.9. The third-order valence-electron chi connectivity index (χ3n) is 16.8. The van der Waals surface area contributed by atoms with Crippen LogP contribution in [0.5, 0.6) is 0 Å². The summed E-state index contributed by atoms with van der Waals surface area (Å²) in [6.07, 6.45) is 0. The van der Waals surface area contributed by atoms with Gasteiger partial charge in [-0.25, -0.2) is 0 Å². The molecular formula is C73H82BN3SSi. The first kappa shape index (κ1) is 54.4. The Morgan fingerprint density at radius 1 is 0.392 bits per heavy atom. The van der Waals surface area contributed by atoms with Gasteiger partial charge in [-0.3, -0.25) is 0 Å². The summed E-state index contributed by atoms with van der Waals surface area (Å²) in [6.45, 7) is 42.0. The van der Waals surface area contributed by atoms with Crippen molar-refractivity contribution in [3.8, 4) is 11.1 Å². The van der Waals surface area contributed by atoms with Crippen molar-refractivity contribution in [3.05, 3.63) is 198 Å². The number of nitrogens with zero attached hydrogens (tertiary/aromatic N) is 3. The minimum atomic E-state index is -1.57. The number of rotatable bonds is 7. The molecule has 1 aromatic heterocycles. The van der Waals surface area contributed by atoms with E-state index >= 15 is 0 Å². The third-order valence-corrected chi connectivity index (χ3v) is 20.1. The van der Waals surface area contributed by atoms with E-state index in [0.717, 1.165) is 22.7 Å². The van der Waals surface area contributed by atoms with Crippen molar-refractivity contribution in [1.82, 2.24) is 0 Å². The number of hydrogen-bond donors (Lipinski definition) is 0. The molecule has 0 spiro atoms. The molecule has 0 atom stereocenters. The predicted molar refractivity (Wildman–Crippen MR) is 352 cm³/mol. The van der Waals surface area contributed by atoms with Crippen molar-refractivity contribution in [3.63, 3.8) is 0 Å². The van der Waals surface area contributed by atoms with Crippen molar-refractivity contribution in [2.45, 2.75) is 151 Å². The standard InChI is InChI=1S/C73H82BN3SSi/c1-69(2,3)49-21-30-54(31-22-49)75(55-32-23-50(24-33-55)70(4,5)6)58-38-41-61-62(46-58)76(56-34-25-51(26-35-56)71(7,8)9)63-43-48(47-19-39-59(40-20-47)79(16,17)18)44-64-66(63)74(61)68-67(60-45-53(73(13,14)15)29-42-65(60)78-68)77(64)57-36-27-52(28-37-57)72(10,11)12/h19-46H,1-18H3. The summed E-state index contributed by atoms with van der Waals surface area (Å²) in [4.78, 5) is 7.73. The first-order chi connectivity index (χ1) is 36.9. The van der Waals surface area contributed by atoms with Crippen molar-refractivity contribution < 1.29 is 0 Å². The third kappa shape index (κ3) is 10.0. The van der Waals surface area contributed by atoms with Crippen LogP contribution < -0.4 is 35.6 Å². The summed E-state index contributed by atoms with van der Waals surface area (Å²) in [5, 5.41) is 2.78. The van der Waals surface area contributed by atoms with Crippen LogP contribution in [0.1, 0.15) is 132 Å². The molecule has 79 heavy (non-hydrogen) atoms. The fourth-order valence-electron chi connectivity index (χ4n) is 11.8.